The van der Waals surface area contributed by atoms with Gasteiger partial charge in [-0.05, 0) is 43.4 Å². The molecule has 98 valence electrons. The Morgan fingerprint density at radius 3 is 2.72 bits per heavy atom. The monoisotopic (exact) mass is 285 g/mol. The van der Waals surface area contributed by atoms with Crippen molar-refractivity contribution >= 4 is 29.1 Å². The largest absolute Gasteiger partial charge is 0.341 e. The van der Waals surface area contributed by atoms with Crippen LogP contribution in [0.1, 0.15) is 28.8 Å². The van der Waals surface area contributed by atoms with Crippen LogP contribution < -0.4 is 0 Å². The predicted molar refractivity (Wildman–Crippen MR) is 75.5 cm³/mol. The summed E-state index contributed by atoms with van der Waals surface area (Å²) in [4.78, 5) is 14.1. The highest BCUT2D eigenvalue weighted by Gasteiger charge is 2.29. The zero-order chi connectivity index (χ0) is 13.3. The van der Waals surface area contributed by atoms with Crippen molar-refractivity contribution in [1.29, 1.82) is 0 Å². The van der Waals surface area contributed by atoms with Crippen molar-refractivity contribution in [2.75, 3.05) is 13.6 Å². The Labute approximate surface area is 118 Å². The zero-order valence-corrected chi connectivity index (χ0v) is 12.1. The van der Waals surface area contributed by atoms with Crippen LogP contribution in [0.25, 0.3) is 0 Å². The maximum Gasteiger partial charge on any atom is 0.253 e. The minimum absolute atomic E-state index is 0.0352. The van der Waals surface area contributed by atoms with E-state index in [-0.39, 0.29) is 5.91 Å². The minimum atomic E-state index is 0.0352. The molecule has 0 heterocycles. The van der Waals surface area contributed by atoms with Gasteiger partial charge in [0.05, 0.1) is 0 Å². The molecule has 1 aliphatic rings. The third-order valence-electron chi connectivity index (χ3n) is 3.56. The highest BCUT2D eigenvalue weighted by Crippen LogP contribution is 2.32. The molecule has 0 bridgehead atoms. The Hall–Kier alpha value is -0.730. The standard InChI is InChI=1S/C14H17Cl2NO/c1-9-12(4-3-5-13(9)16)14(18)17(2)8-10-6-11(15)7-10/h3-5,10-11H,6-8H2,1-2H3. The molecule has 1 amide bonds. The number of carbonyl (C=O) groups is 1. The van der Waals surface area contributed by atoms with Crippen molar-refractivity contribution in [3.8, 4) is 0 Å². The van der Waals surface area contributed by atoms with E-state index >= 15 is 0 Å². The number of benzene rings is 1. The second-order valence-electron chi connectivity index (χ2n) is 5.03. The molecule has 0 spiro atoms. The molecular formula is C14H17Cl2NO. The smallest absolute Gasteiger partial charge is 0.253 e. The van der Waals surface area contributed by atoms with E-state index in [9.17, 15) is 4.79 Å². The molecule has 18 heavy (non-hydrogen) atoms. The van der Waals surface area contributed by atoms with Gasteiger partial charge in [-0.1, -0.05) is 17.7 Å². The highest BCUT2D eigenvalue weighted by atomic mass is 35.5. The number of hydrogen-bond donors (Lipinski definition) is 0. The maximum absolute atomic E-state index is 12.3. The molecule has 0 aliphatic heterocycles. The molecule has 1 aromatic rings. The number of amides is 1. The summed E-state index contributed by atoms with van der Waals surface area (Å²) in [6, 6.07) is 5.44. The summed E-state index contributed by atoms with van der Waals surface area (Å²) in [6.07, 6.45) is 2.02. The van der Waals surface area contributed by atoms with Crippen molar-refractivity contribution in [3.63, 3.8) is 0 Å². The van der Waals surface area contributed by atoms with Gasteiger partial charge in [0.15, 0.2) is 0 Å². The lowest BCUT2D eigenvalue weighted by atomic mass is 9.84. The molecule has 1 saturated carbocycles. The molecule has 2 rings (SSSR count). The highest BCUT2D eigenvalue weighted by molar-refractivity contribution is 6.31. The zero-order valence-electron chi connectivity index (χ0n) is 10.6. The molecule has 0 atom stereocenters. The van der Waals surface area contributed by atoms with Gasteiger partial charge in [0.25, 0.3) is 5.91 Å². The average molecular weight is 286 g/mol. The first-order valence-electron chi connectivity index (χ1n) is 6.13. The van der Waals surface area contributed by atoms with Crippen molar-refractivity contribution in [2.45, 2.75) is 25.1 Å². The van der Waals surface area contributed by atoms with Gasteiger partial charge in [0.1, 0.15) is 0 Å². The van der Waals surface area contributed by atoms with E-state index in [1.165, 1.54) is 0 Å². The normalized spacial score (nSPS) is 22.4. The van der Waals surface area contributed by atoms with Gasteiger partial charge in [-0.3, -0.25) is 4.79 Å². The molecule has 2 nitrogen and oxygen atoms in total. The van der Waals surface area contributed by atoms with Gasteiger partial charge in [-0.25, -0.2) is 0 Å². The Balaban J connectivity index is 2.04. The number of nitrogens with zero attached hydrogens (tertiary/aromatic N) is 1. The number of rotatable bonds is 3. The summed E-state index contributed by atoms with van der Waals surface area (Å²) in [5.74, 6) is 0.578. The van der Waals surface area contributed by atoms with Gasteiger partial charge >= 0.3 is 0 Å². The third kappa shape index (κ3) is 2.81. The van der Waals surface area contributed by atoms with Crippen LogP contribution in [-0.2, 0) is 0 Å². The van der Waals surface area contributed by atoms with Crippen LogP contribution in [0.15, 0.2) is 18.2 Å². The summed E-state index contributed by atoms with van der Waals surface area (Å²) in [7, 11) is 1.84. The molecule has 1 fully saturated rings. The summed E-state index contributed by atoms with van der Waals surface area (Å²) in [5.41, 5.74) is 1.53. The number of carbonyl (C=O) groups excluding carboxylic acids is 1. The quantitative estimate of drug-likeness (QED) is 0.775. The van der Waals surface area contributed by atoms with Crippen molar-refractivity contribution < 1.29 is 4.79 Å². The molecule has 0 unspecified atom stereocenters. The number of hydrogen-bond acceptors (Lipinski definition) is 1. The van der Waals surface area contributed by atoms with Crippen LogP contribution in [0, 0.1) is 12.8 Å². The minimum Gasteiger partial charge on any atom is -0.341 e. The fraction of sp³-hybridized carbons (Fsp3) is 0.500. The maximum atomic E-state index is 12.3. The van der Waals surface area contributed by atoms with Gasteiger partial charge in [0.2, 0.25) is 0 Å². The van der Waals surface area contributed by atoms with E-state index in [4.69, 9.17) is 23.2 Å². The van der Waals surface area contributed by atoms with Crippen molar-refractivity contribution in [1.82, 2.24) is 4.90 Å². The van der Waals surface area contributed by atoms with Gasteiger partial charge < -0.3 is 4.90 Å². The summed E-state index contributed by atoms with van der Waals surface area (Å²) in [6.45, 7) is 2.65. The van der Waals surface area contributed by atoms with Crippen LogP contribution >= 0.6 is 23.2 Å². The van der Waals surface area contributed by atoms with Crippen molar-refractivity contribution in [2.24, 2.45) is 5.92 Å². The Morgan fingerprint density at radius 1 is 1.44 bits per heavy atom. The lowest BCUT2D eigenvalue weighted by Gasteiger charge is -2.34. The molecule has 0 saturated heterocycles. The Morgan fingerprint density at radius 2 is 2.11 bits per heavy atom. The molecule has 0 radical (unpaired) electrons. The lowest BCUT2D eigenvalue weighted by Crippen LogP contribution is -2.38. The van der Waals surface area contributed by atoms with Crippen molar-refractivity contribution in [3.05, 3.63) is 34.3 Å². The van der Waals surface area contributed by atoms with E-state index < -0.39 is 0 Å². The first-order valence-corrected chi connectivity index (χ1v) is 6.95. The average Bonchev–Trinajstić information content (AvgIpc) is 2.30. The molecule has 1 aliphatic carbocycles. The van der Waals surface area contributed by atoms with Crippen LogP contribution in [0.4, 0.5) is 0 Å². The van der Waals surface area contributed by atoms with E-state index in [1.807, 2.05) is 26.1 Å². The molecule has 1 aromatic carbocycles. The van der Waals surface area contributed by atoms with E-state index in [0.29, 0.717) is 21.9 Å². The summed E-state index contributed by atoms with van der Waals surface area (Å²) in [5, 5.41) is 0.935. The van der Waals surface area contributed by atoms with Gasteiger partial charge in [-0.2, -0.15) is 0 Å². The Bertz CT molecular complexity index is 455. The summed E-state index contributed by atoms with van der Waals surface area (Å²) >= 11 is 12.0. The molecule has 0 aromatic heterocycles. The number of alkyl halides is 1. The van der Waals surface area contributed by atoms with Crippen LogP contribution in [0.2, 0.25) is 5.02 Å². The molecule has 0 N–H and O–H groups in total. The predicted octanol–water partition coefficient (Wildman–Crippen LogP) is 3.74. The SMILES string of the molecule is Cc1c(Cl)cccc1C(=O)N(C)CC1CC(Cl)C1. The topological polar surface area (TPSA) is 20.3 Å². The van der Waals surface area contributed by atoms with Crippen LogP contribution in [0.3, 0.4) is 0 Å². The first kappa shape index (κ1) is 13.7. The Kier molecular flexibility index (Phi) is 4.18. The molecular weight excluding hydrogens is 269 g/mol. The van der Waals surface area contributed by atoms with E-state index in [0.717, 1.165) is 24.9 Å². The second kappa shape index (κ2) is 5.50. The van der Waals surface area contributed by atoms with Crippen LogP contribution in [0.5, 0.6) is 0 Å². The second-order valence-corrected chi connectivity index (χ2v) is 6.06. The fourth-order valence-corrected chi connectivity index (χ4v) is 3.00. The third-order valence-corrected chi connectivity index (χ3v) is 4.32. The van der Waals surface area contributed by atoms with Gasteiger partial charge in [0, 0.05) is 29.6 Å². The van der Waals surface area contributed by atoms with Gasteiger partial charge in [-0.15, -0.1) is 11.6 Å². The first-order chi connectivity index (χ1) is 8.49. The molecule has 4 heteroatoms. The fourth-order valence-electron chi connectivity index (χ4n) is 2.32. The van der Waals surface area contributed by atoms with Crippen LogP contribution in [-0.4, -0.2) is 29.8 Å². The van der Waals surface area contributed by atoms with E-state index in [1.54, 1.807) is 11.0 Å². The number of halogens is 2. The summed E-state index contributed by atoms with van der Waals surface area (Å²) < 4.78 is 0. The lowest BCUT2D eigenvalue weighted by molar-refractivity contribution is 0.0746. The van der Waals surface area contributed by atoms with E-state index in [2.05, 4.69) is 0 Å².